The van der Waals surface area contributed by atoms with E-state index in [4.69, 9.17) is 4.74 Å². The van der Waals surface area contributed by atoms with Gasteiger partial charge < -0.3 is 20.3 Å². The smallest absolute Gasteiger partial charge is 0.405 e. The second kappa shape index (κ2) is 10.1. The number of alkyl halides is 3. The number of anilines is 1. The van der Waals surface area contributed by atoms with Crippen LogP contribution in [-0.2, 0) is 4.79 Å². The first-order chi connectivity index (χ1) is 17.3. The first-order valence-electron chi connectivity index (χ1n) is 11.9. The molecule has 0 unspecified atom stereocenters. The molecular formula is C25H27F5N4O3. The van der Waals surface area contributed by atoms with Crippen molar-refractivity contribution in [1.29, 1.82) is 0 Å². The zero-order valence-electron chi connectivity index (χ0n) is 20.2. The zero-order valence-corrected chi connectivity index (χ0v) is 20.2. The van der Waals surface area contributed by atoms with Crippen molar-refractivity contribution < 1.29 is 36.3 Å². The number of hydrogen-bond acceptors (Lipinski definition) is 5. The Hall–Kier alpha value is -3.44. The molecular weight excluding hydrogens is 499 g/mol. The maximum atomic E-state index is 13.5. The third kappa shape index (κ3) is 6.28. The standard InChI is InChI=1S/C25H27F5N4O3/c1-24(2,37-18-6-7-19(26)20(27)11-18)23(36)33-15-9-16-4-5-17(10-15)34(16)21-8-3-14(12-31-21)22(35)32-13-25(28,29)30/h3,6-8,11-12,15-17H,4-5,9-10,13H2,1-2H3,(H,32,35)(H,33,36)/t15-,16+,17-. The Morgan fingerprint density at radius 1 is 1.05 bits per heavy atom. The van der Waals surface area contributed by atoms with Gasteiger partial charge in [0.25, 0.3) is 11.8 Å². The van der Waals surface area contributed by atoms with Crippen LogP contribution in [0.1, 0.15) is 49.9 Å². The number of hydrogen-bond donors (Lipinski definition) is 2. The van der Waals surface area contributed by atoms with E-state index in [1.807, 2.05) is 5.32 Å². The van der Waals surface area contributed by atoms with E-state index in [0.29, 0.717) is 18.7 Å². The van der Waals surface area contributed by atoms with E-state index in [1.54, 1.807) is 19.9 Å². The topological polar surface area (TPSA) is 83.6 Å². The Morgan fingerprint density at radius 2 is 1.73 bits per heavy atom. The van der Waals surface area contributed by atoms with Crippen molar-refractivity contribution in [2.24, 2.45) is 0 Å². The van der Waals surface area contributed by atoms with E-state index in [-0.39, 0.29) is 35.3 Å². The van der Waals surface area contributed by atoms with E-state index in [0.717, 1.165) is 25.0 Å². The van der Waals surface area contributed by atoms with Crippen LogP contribution in [0.5, 0.6) is 5.75 Å². The minimum absolute atomic E-state index is 0.0331. The Morgan fingerprint density at radius 3 is 2.30 bits per heavy atom. The number of carbonyl (C=O) groups excluding carboxylic acids is 2. The number of ether oxygens (including phenoxy) is 1. The van der Waals surface area contributed by atoms with Crippen molar-refractivity contribution in [2.45, 2.75) is 69.4 Å². The minimum Gasteiger partial charge on any atom is -0.478 e. The van der Waals surface area contributed by atoms with E-state index in [9.17, 15) is 31.5 Å². The molecule has 0 spiro atoms. The number of fused-ring (bicyclic) bond motifs is 2. The first kappa shape index (κ1) is 26.6. The van der Waals surface area contributed by atoms with Crippen LogP contribution in [0.3, 0.4) is 0 Å². The molecule has 2 bridgehead atoms. The largest absolute Gasteiger partial charge is 0.478 e. The number of amides is 2. The third-order valence-corrected chi connectivity index (χ3v) is 6.60. The number of rotatable bonds is 7. The van der Waals surface area contributed by atoms with Gasteiger partial charge in [-0.15, -0.1) is 0 Å². The first-order valence-corrected chi connectivity index (χ1v) is 11.9. The zero-order chi connectivity index (χ0) is 27.0. The van der Waals surface area contributed by atoms with Gasteiger partial charge in [-0.1, -0.05) is 0 Å². The molecule has 2 saturated heterocycles. The minimum atomic E-state index is -4.50. The lowest BCUT2D eigenvalue weighted by Gasteiger charge is -2.40. The molecule has 12 heteroatoms. The van der Waals surface area contributed by atoms with Gasteiger partial charge in [0.1, 0.15) is 18.1 Å². The highest BCUT2D eigenvalue weighted by Crippen LogP contribution is 2.38. The van der Waals surface area contributed by atoms with E-state index in [1.165, 1.54) is 18.3 Å². The van der Waals surface area contributed by atoms with Crippen molar-refractivity contribution in [3.63, 3.8) is 0 Å². The maximum absolute atomic E-state index is 13.5. The summed E-state index contributed by atoms with van der Waals surface area (Å²) in [6, 6.07) is 6.16. The van der Waals surface area contributed by atoms with Gasteiger partial charge in [-0.25, -0.2) is 13.8 Å². The molecule has 2 N–H and O–H groups in total. The monoisotopic (exact) mass is 526 g/mol. The molecule has 2 aliphatic rings. The number of aromatic nitrogens is 1. The molecule has 2 aliphatic heterocycles. The van der Waals surface area contributed by atoms with Crippen LogP contribution < -0.4 is 20.3 Å². The lowest BCUT2D eigenvalue weighted by atomic mass is 9.96. The average molecular weight is 527 g/mol. The summed E-state index contributed by atoms with van der Waals surface area (Å²) in [4.78, 5) is 31.3. The van der Waals surface area contributed by atoms with Gasteiger partial charge in [0.05, 0.1) is 5.56 Å². The van der Waals surface area contributed by atoms with Gasteiger partial charge >= 0.3 is 6.18 Å². The molecule has 0 radical (unpaired) electrons. The molecule has 0 saturated carbocycles. The lowest BCUT2D eigenvalue weighted by Crippen LogP contribution is -2.55. The molecule has 1 aromatic carbocycles. The van der Waals surface area contributed by atoms with Gasteiger partial charge in [0.2, 0.25) is 0 Å². The van der Waals surface area contributed by atoms with E-state index < -0.39 is 35.9 Å². The normalized spacial score (nSPS) is 21.5. The molecule has 2 aromatic rings. The van der Waals surface area contributed by atoms with Crippen molar-refractivity contribution in [2.75, 3.05) is 11.4 Å². The van der Waals surface area contributed by atoms with E-state index in [2.05, 4.69) is 15.2 Å². The summed E-state index contributed by atoms with van der Waals surface area (Å²) < 4.78 is 69.3. The highest BCUT2D eigenvalue weighted by Gasteiger charge is 2.43. The maximum Gasteiger partial charge on any atom is 0.405 e. The molecule has 37 heavy (non-hydrogen) atoms. The Balaban J connectivity index is 1.35. The van der Waals surface area contributed by atoms with Crippen molar-refractivity contribution in [1.82, 2.24) is 15.6 Å². The fourth-order valence-electron chi connectivity index (χ4n) is 4.87. The summed E-state index contributed by atoms with van der Waals surface area (Å²) in [7, 11) is 0. The van der Waals surface area contributed by atoms with Crippen LogP contribution in [0.4, 0.5) is 27.8 Å². The summed E-state index contributed by atoms with van der Waals surface area (Å²) in [5, 5.41) is 4.83. The molecule has 2 amide bonds. The fraction of sp³-hybridized carbons (Fsp3) is 0.480. The predicted octanol–water partition coefficient (Wildman–Crippen LogP) is 4.13. The molecule has 0 aliphatic carbocycles. The molecule has 200 valence electrons. The van der Waals surface area contributed by atoms with Gasteiger partial charge in [0, 0.05) is 30.4 Å². The highest BCUT2D eigenvalue weighted by molar-refractivity contribution is 5.94. The summed E-state index contributed by atoms with van der Waals surface area (Å²) in [5.74, 6) is -2.66. The summed E-state index contributed by atoms with van der Waals surface area (Å²) >= 11 is 0. The van der Waals surface area contributed by atoms with Crippen molar-refractivity contribution in [3.8, 4) is 5.75 Å². The van der Waals surface area contributed by atoms with E-state index >= 15 is 0 Å². The number of nitrogens with zero attached hydrogens (tertiary/aromatic N) is 2. The molecule has 7 nitrogen and oxygen atoms in total. The number of halogens is 5. The third-order valence-electron chi connectivity index (χ3n) is 6.60. The van der Waals surface area contributed by atoms with Gasteiger partial charge in [-0.3, -0.25) is 9.59 Å². The average Bonchev–Trinajstić information content (AvgIpc) is 3.09. The fourth-order valence-corrected chi connectivity index (χ4v) is 4.87. The SMILES string of the molecule is CC(C)(Oc1ccc(F)c(F)c1)C(=O)N[C@H]1C[C@H]2CC[C@@H](C1)N2c1ccc(C(=O)NCC(F)(F)F)cn1. The lowest BCUT2D eigenvalue weighted by molar-refractivity contribution is -0.135. The van der Waals surface area contributed by atoms with Crippen LogP contribution in [0.25, 0.3) is 0 Å². The molecule has 3 heterocycles. The van der Waals surface area contributed by atoms with Crippen LogP contribution in [0, 0.1) is 11.6 Å². The molecule has 2 fully saturated rings. The highest BCUT2D eigenvalue weighted by atomic mass is 19.4. The summed E-state index contributed by atoms with van der Waals surface area (Å²) in [5.41, 5.74) is -1.30. The van der Waals surface area contributed by atoms with Crippen LogP contribution in [0.15, 0.2) is 36.5 Å². The van der Waals surface area contributed by atoms with Crippen molar-refractivity contribution >= 4 is 17.6 Å². The summed E-state index contributed by atoms with van der Waals surface area (Å²) in [6.07, 6.45) is -0.213. The molecule has 3 atom stereocenters. The molecule has 1 aromatic heterocycles. The van der Waals surface area contributed by atoms with Gasteiger partial charge in [-0.2, -0.15) is 13.2 Å². The number of benzene rings is 1. The molecule has 4 rings (SSSR count). The second-order valence-electron chi connectivity index (χ2n) is 9.83. The number of pyridine rings is 1. The number of nitrogens with one attached hydrogen (secondary N) is 2. The van der Waals surface area contributed by atoms with Gasteiger partial charge in [0.15, 0.2) is 17.2 Å². The quantitative estimate of drug-likeness (QED) is 0.531. The van der Waals surface area contributed by atoms with Crippen LogP contribution in [-0.4, -0.2) is 53.2 Å². The summed E-state index contributed by atoms with van der Waals surface area (Å²) in [6.45, 7) is 1.67. The van der Waals surface area contributed by atoms with Crippen molar-refractivity contribution in [3.05, 3.63) is 53.7 Å². The predicted molar refractivity (Wildman–Crippen MR) is 124 cm³/mol. The van der Waals surface area contributed by atoms with Crippen LogP contribution >= 0.6 is 0 Å². The Bertz CT molecular complexity index is 1140. The number of carbonyl (C=O) groups is 2. The van der Waals surface area contributed by atoms with Crippen LogP contribution in [0.2, 0.25) is 0 Å². The van der Waals surface area contributed by atoms with Gasteiger partial charge in [-0.05, 0) is 63.8 Å². The second-order valence-corrected chi connectivity index (χ2v) is 9.83. The Labute approximate surface area is 210 Å². The number of piperidine rings is 1. The Kier molecular flexibility index (Phi) is 7.29.